The lowest BCUT2D eigenvalue weighted by molar-refractivity contribution is 0.131. The van der Waals surface area contributed by atoms with Crippen molar-refractivity contribution >= 4 is 20.2 Å². The van der Waals surface area contributed by atoms with Gasteiger partial charge < -0.3 is 0 Å². The number of rotatable bonds is 7. The highest BCUT2D eigenvalue weighted by Gasteiger charge is 2.17. The predicted octanol–water partition coefficient (Wildman–Crippen LogP) is 0.108. The van der Waals surface area contributed by atoms with Crippen molar-refractivity contribution in [1.29, 1.82) is 0 Å². The highest BCUT2D eigenvalue weighted by Crippen LogP contribution is 2.07. The Hall–Kier alpha value is -0.180. The summed E-state index contributed by atoms with van der Waals surface area (Å²) in [5, 5.41) is 0. The van der Waals surface area contributed by atoms with Crippen LogP contribution in [0.4, 0.5) is 0 Å². The van der Waals surface area contributed by atoms with E-state index in [9.17, 15) is 16.8 Å². The minimum atomic E-state index is -3.59. The molecule has 15 heavy (non-hydrogen) atoms. The fourth-order valence-corrected chi connectivity index (χ4v) is 1.97. The summed E-state index contributed by atoms with van der Waals surface area (Å²) in [5.74, 6) is 0. The summed E-state index contributed by atoms with van der Waals surface area (Å²) in [6.45, 7) is 1.55. The summed E-state index contributed by atoms with van der Waals surface area (Å²) >= 11 is 0. The van der Waals surface area contributed by atoms with Gasteiger partial charge in [0.05, 0.1) is 19.1 Å². The molecule has 0 aromatic carbocycles. The van der Waals surface area contributed by atoms with Gasteiger partial charge in [-0.05, 0) is 6.42 Å². The lowest BCUT2D eigenvalue weighted by Crippen LogP contribution is -2.24. The molecule has 0 amide bonds. The lowest BCUT2D eigenvalue weighted by Gasteiger charge is -2.14. The van der Waals surface area contributed by atoms with E-state index in [1.807, 2.05) is 6.92 Å². The average molecular weight is 260 g/mol. The van der Waals surface area contributed by atoms with Gasteiger partial charge in [0.25, 0.3) is 20.2 Å². The molecule has 0 aliphatic carbocycles. The van der Waals surface area contributed by atoms with Crippen LogP contribution < -0.4 is 0 Å². The Bertz CT molecular complexity index is 368. The molecule has 0 fully saturated rings. The molecule has 0 heterocycles. The summed E-state index contributed by atoms with van der Waals surface area (Å²) in [5.41, 5.74) is 0. The molecule has 0 aromatic heterocycles. The third kappa shape index (κ3) is 10.1. The molecule has 0 N–H and O–H groups in total. The van der Waals surface area contributed by atoms with Gasteiger partial charge in [-0.25, -0.2) is 0 Å². The second-order valence-corrected chi connectivity index (χ2v) is 6.44. The van der Waals surface area contributed by atoms with Crippen LogP contribution in [-0.2, 0) is 28.6 Å². The van der Waals surface area contributed by atoms with Crippen LogP contribution in [0.5, 0.6) is 0 Å². The Kier molecular flexibility index (Phi) is 5.71. The van der Waals surface area contributed by atoms with Crippen molar-refractivity contribution in [3.8, 4) is 0 Å². The number of hydrogen-bond acceptors (Lipinski definition) is 6. The first kappa shape index (κ1) is 14.8. The Balaban J connectivity index is 4.29. The second-order valence-electron chi connectivity index (χ2n) is 3.20. The summed E-state index contributed by atoms with van der Waals surface area (Å²) in [4.78, 5) is 0. The van der Waals surface area contributed by atoms with Crippen molar-refractivity contribution in [3.63, 3.8) is 0 Å². The van der Waals surface area contributed by atoms with Crippen molar-refractivity contribution in [2.24, 2.45) is 0 Å². The monoisotopic (exact) mass is 260 g/mol. The first-order chi connectivity index (χ1) is 6.64. The Morgan fingerprint density at radius 1 is 1.07 bits per heavy atom. The minimum Gasteiger partial charge on any atom is -0.268 e. The fraction of sp³-hybridized carbons (Fsp3) is 1.00. The standard InChI is InChI=1S/C7H16O6S2/c1-4-5-7(13-15(3,10)11)6-12-14(2,8)9/h7H,4-6H2,1-3H3/t7-/m0/s1. The molecule has 0 bridgehead atoms. The van der Waals surface area contributed by atoms with Gasteiger partial charge in [-0.1, -0.05) is 13.3 Å². The molecule has 0 unspecified atom stereocenters. The molecule has 8 heteroatoms. The van der Waals surface area contributed by atoms with E-state index in [0.717, 1.165) is 12.5 Å². The summed E-state index contributed by atoms with van der Waals surface area (Å²) < 4.78 is 52.1. The van der Waals surface area contributed by atoms with Gasteiger partial charge in [0, 0.05) is 0 Å². The molecule has 6 nitrogen and oxygen atoms in total. The van der Waals surface area contributed by atoms with Gasteiger partial charge in [-0.2, -0.15) is 16.8 Å². The largest absolute Gasteiger partial charge is 0.268 e. The van der Waals surface area contributed by atoms with Gasteiger partial charge in [0.1, 0.15) is 6.10 Å². The smallest absolute Gasteiger partial charge is 0.264 e. The maximum absolute atomic E-state index is 10.8. The Morgan fingerprint density at radius 3 is 1.93 bits per heavy atom. The molecule has 0 saturated carbocycles. The Labute approximate surface area is 90.8 Å². The average Bonchev–Trinajstić information content (AvgIpc) is 1.96. The lowest BCUT2D eigenvalue weighted by atomic mass is 10.2. The van der Waals surface area contributed by atoms with Crippen molar-refractivity contribution in [2.75, 3.05) is 19.1 Å². The van der Waals surface area contributed by atoms with Crippen molar-refractivity contribution in [3.05, 3.63) is 0 Å². The van der Waals surface area contributed by atoms with E-state index in [4.69, 9.17) is 0 Å². The zero-order chi connectivity index (χ0) is 12.1. The summed E-state index contributed by atoms with van der Waals surface area (Å²) in [6.07, 6.45) is 2.15. The SMILES string of the molecule is CCC[C@@H](COS(C)(=O)=O)OS(C)(=O)=O. The van der Waals surface area contributed by atoms with Gasteiger partial charge >= 0.3 is 0 Å². The van der Waals surface area contributed by atoms with E-state index in [2.05, 4.69) is 8.37 Å². The van der Waals surface area contributed by atoms with Crippen LogP contribution in [0.15, 0.2) is 0 Å². The highest BCUT2D eigenvalue weighted by atomic mass is 32.2. The van der Waals surface area contributed by atoms with Crippen molar-refractivity contribution in [1.82, 2.24) is 0 Å². The van der Waals surface area contributed by atoms with E-state index in [1.165, 1.54) is 0 Å². The highest BCUT2D eigenvalue weighted by molar-refractivity contribution is 7.86. The maximum Gasteiger partial charge on any atom is 0.264 e. The van der Waals surface area contributed by atoms with Crippen LogP contribution >= 0.6 is 0 Å². The van der Waals surface area contributed by atoms with Gasteiger partial charge in [-0.15, -0.1) is 0 Å². The topological polar surface area (TPSA) is 86.7 Å². The van der Waals surface area contributed by atoms with E-state index < -0.39 is 26.3 Å². The van der Waals surface area contributed by atoms with Crippen LogP contribution in [-0.4, -0.2) is 42.1 Å². The van der Waals surface area contributed by atoms with E-state index >= 15 is 0 Å². The summed E-state index contributed by atoms with van der Waals surface area (Å²) in [6, 6.07) is 0. The fourth-order valence-electron chi connectivity index (χ4n) is 0.928. The normalized spacial score (nSPS) is 15.1. The van der Waals surface area contributed by atoms with Crippen molar-refractivity contribution < 1.29 is 25.2 Å². The van der Waals surface area contributed by atoms with E-state index in [0.29, 0.717) is 12.8 Å². The molecule has 0 spiro atoms. The molecular formula is C7H16O6S2. The first-order valence-electron chi connectivity index (χ1n) is 4.36. The number of hydrogen-bond donors (Lipinski definition) is 0. The van der Waals surface area contributed by atoms with Crippen LogP contribution in [0.1, 0.15) is 19.8 Å². The van der Waals surface area contributed by atoms with E-state index in [-0.39, 0.29) is 6.61 Å². The van der Waals surface area contributed by atoms with Crippen LogP contribution in [0.2, 0.25) is 0 Å². The quantitative estimate of drug-likeness (QED) is 0.604. The molecule has 0 aromatic rings. The molecule has 0 rings (SSSR count). The van der Waals surface area contributed by atoms with Crippen molar-refractivity contribution in [2.45, 2.75) is 25.9 Å². The molecule has 0 aliphatic heterocycles. The molecule has 0 aliphatic rings. The summed E-state index contributed by atoms with van der Waals surface area (Å²) in [7, 11) is -7.16. The third-order valence-electron chi connectivity index (χ3n) is 1.39. The Morgan fingerprint density at radius 2 is 1.60 bits per heavy atom. The molecule has 1 atom stereocenters. The van der Waals surface area contributed by atoms with Crippen LogP contribution in [0.25, 0.3) is 0 Å². The predicted molar refractivity (Wildman–Crippen MR) is 55.4 cm³/mol. The van der Waals surface area contributed by atoms with Crippen LogP contribution in [0, 0.1) is 0 Å². The molecule has 92 valence electrons. The third-order valence-corrected chi connectivity index (χ3v) is 2.58. The second kappa shape index (κ2) is 5.78. The van der Waals surface area contributed by atoms with Gasteiger partial charge in [-0.3, -0.25) is 8.37 Å². The minimum absolute atomic E-state index is 0.278. The zero-order valence-corrected chi connectivity index (χ0v) is 10.6. The van der Waals surface area contributed by atoms with E-state index in [1.54, 1.807) is 0 Å². The van der Waals surface area contributed by atoms with Crippen LogP contribution in [0.3, 0.4) is 0 Å². The molecular weight excluding hydrogens is 244 g/mol. The van der Waals surface area contributed by atoms with Gasteiger partial charge in [0.2, 0.25) is 0 Å². The zero-order valence-electron chi connectivity index (χ0n) is 8.96. The van der Waals surface area contributed by atoms with Gasteiger partial charge in [0.15, 0.2) is 0 Å². The molecule has 0 saturated heterocycles. The maximum atomic E-state index is 10.8. The molecule has 0 radical (unpaired) electrons. The first-order valence-corrected chi connectivity index (χ1v) is 8.00.